The highest BCUT2D eigenvalue weighted by atomic mass is 15.2. The lowest BCUT2D eigenvalue weighted by atomic mass is 10.1. The van der Waals surface area contributed by atoms with Crippen LogP contribution in [0.1, 0.15) is 13.3 Å². The molecule has 0 amide bonds. The zero-order valence-electron chi connectivity index (χ0n) is 9.32. The number of likely N-dealkylation sites (N-methyl/N-ethyl adjacent to an activating group) is 1. The minimum Gasteiger partial charge on any atom is -0.313 e. The molecule has 14 heavy (non-hydrogen) atoms. The van der Waals surface area contributed by atoms with Crippen molar-refractivity contribution in [1.82, 2.24) is 9.80 Å². The largest absolute Gasteiger partial charge is 0.313 e. The summed E-state index contributed by atoms with van der Waals surface area (Å²) in [6.07, 6.45) is 1.18. The normalized spacial score (nSPS) is 27.6. The number of rotatable bonds is 3. The zero-order valence-corrected chi connectivity index (χ0v) is 9.32. The second kappa shape index (κ2) is 4.26. The van der Waals surface area contributed by atoms with Crippen molar-refractivity contribution in [2.75, 3.05) is 33.7 Å². The van der Waals surface area contributed by atoms with Crippen molar-refractivity contribution >= 4 is 0 Å². The molecule has 1 aliphatic heterocycles. The van der Waals surface area contributed by atoms with Crippen LogP contribution in [0.15, 0.2) is 0 Å². The molecule has 4 nitrogen and oxygen atoms in total. The SMILES string of the molecule is CN(C)C1CCN(CC(C)(N)C#N)C1. The summed E-state index contributed by atoms with van der Waals surface area (Å²) in [6, 6.07) is 2.75. The number of nitriles is 1. The number of likely N-dealkylation sites (tertiary alicyclic amines) is 1. The quantitative estimate of drug-likeness (QED) is 0.683. The summed E-state index contributed by atoms with van der Waals surface area (Å²) in [6.45, 7) is 4.54. The molecular formula is C10H20N4. The van der Waals surface area contributed by atoms with Gasteiger partial charge in [0.25, 0.3) is 0 Å². The van der Waals surface area contributed by atoms with Gasteiger partial charge in [-0.3, -0.25) is 4.90 Å². The van der Waals surface area contributed by atoms with E-state index in [1.807, 2.05) is 0 Å². The molecule has 1 aliphatic rings. The standard InChI is InChI=1S/C10H20N4/c1-10(12,7-11)8-14-5-4-9(6-14)13(2)3/h9H,4-6,8,12H2,1-3H3. The summed E-state index contributed by atoms with van der Waals surface area (Å²) in [4.78, 5) is 4.51. The number of nitrogens with zero attached hydrogens (tertiary/aromatic N) is 3. The second-order valence-electron chi connectivity index (χ2n) is 4.67. The molecular weight excluding hydrogens is 176 g/mol. The Hall–Kier alpha value is -0.630. The monoisotopic (exact) mass is 196 g/mol. The number of hydrogen-bond donors (Lipinski definition) is 1. The molecule has 4 heteroatoms. The van der Waals surface area contributed by atoms with Gasteiger partial charge in [-0.2, -0.15) is 5.26 Å². The van der Waals surface area contributed by atoms with Gasteiger partial charge in [-0.05, 0) is 34.0 Å². The predicted molar refractivity (Wildman–Crippen MR) is 56.7 cm³/mol. The summed E-state index contributed by atoms with van der Waals surface area (Å²) in [5.74, 6) is 0. The molecule has 0 aromatic rings. The molecule has 0 saturated carbocycles. The average Bonchev–Trinajstić information content (AvgIpc) is 2.52. The highest BCUT2D eigenvalue weighted by Crippen LogP contribution is 2.15. The molecule has 2 N–H and O–H groups in total. The summed E-state index contributed by atoms with van der Waals surface area (Å²) in [5.41, 5.74) is 5.09. The van der Waals surface area contributed by atoms with E-state index in [2.05, 4.69) is 30.0 Å². The van der Waals surface area contributed by atoms with E-state index in [0.29, 0.717) is 12.6 Å². The average molecular weight is 196 g/mol. The van der Waals surface area contributed by atoms with Crippen molar-refractivity contribution in [2.45, 2.75) is 24.9 Å². The first-order chi connectivity index (χ1) is 6.44. The van der Waals surface area contributed by atoms with Gasteiger partial charge >= 0.3 is 0 Å². The van der Waals surface area contributed by atoms with Crippen molar-refractivity contribution in [3.8, 4) is 6.07 Å². The van der Waals surface area contributed by atoms with Crippen molar-refractivity contribution in [2.24, 2.45) is 5.73 Å². The third kappa shape index (κ3) is 2.95. The maximum atomic E-state index is 8.82. The molecule has 0 aliphatic carbocycles. The maximum absolute atomic E-state index is 8.82. The molecule has 0 spiro atoms. The van der Waals surface area contributed by atoms with E-state index in [9.17, 15) is 0 Å². The smallest absolute Gasteiger partial charge is 0.114 e. The Balaban J connectivity index is 2.41. The van der Waals surface area contributed by atoms with Crippen molar-refractivity contribution < 1.29 is 0 Å². The van der Waals surface area contributed by atoms with Gasteiger partial charge in [-0.25, -0.2) is 0 Å². The number of nitrogens with two attached hydrogens (primary N) is 1. The van der Waals surface area contributed by atoms with Crippen LogP contribution < -0.4 is 5.73 Å². The van der Waals surface area contributed by atoms with E-state index in [4.69, 9.17) is 11.0 Å². The van der Waals surface area contributed by atoms with Gasteiger partial charge in [0.2, 0.25) is 0 Å². The minimum absolute atomic E-state index is 0.615. The second-order valence-corrected chi connectivity index (χ2v) is 4.67. The third-order valence-corrected chi connectivity index (χ3v) is 2.79. The molecule has 2 atom stereocenters. The minimum atomic E-state index is -0.707. The highest BCUT2D eigenvalue weighted by Gasteiger charge is 2.29. The van der Waals surface area contributed by atoms with Gasteiger partial charge in [0.15, 0.2) is 0 Å². The van der Waals surface area contributed by atoms with Crippen molar-refractivity contribution in [3.05, 3.63) is 0 Å². The van der Waals surface area contributed by atoms with Crippen LogP contribution in [0.25, 0.3) is 0 Å². The molecule has 1 rings (SSSR count). The number of hydrogen-bond acceptors (Lipinski definition) is 4. The van der Waals surface area contributed by atoms with Crippen LogP contribution in [0.5, 0.6) is 0 Å². The first-order valence-electron chi connectivity index (χ1n) is 5.03. The van der Waals surface area contributed by atoms with E-state index < -0.39 is 5.54 Å². The van der Waals surface area contributed by atoms with Crippen molar-refractivity contribution in [3.63, 3.8) is 0 Å². The Bertz CT molecular complexity index is 229. The highest BCUT2D eigenvalue weighted by molar-refractivity contribution is 5.04. The summed E-state index contributed by atoms with van der Waals surface area (Å²) in [7, 11) is 4.19. The Morgan fingerprint density at radius 1 is 1.64 bits per heavy atom. The summed E-state index contributed by atoms with van der Waals surface area (Å²) >= 11 is 0. The summed E-state index contributed by atoms with van der Waals surface area (Å²) < 4.78 is 0. The van der Waals surface area contributed by atoms with E-state index in [1.165, 1.54) is 6.42 Å². The van der Waals surface area contributed by atoms with E-state index in [-0.39, 0.29) is 0 Å². The first kappa shape index (κ1) is 11.4. The van der Waals surface area contributed by atoms with Crippen LogP contribution in [0, 0.1) is 11.3 Å². The Morgan fingerprint density at radius 3 is 2.71 bits per heavy atom. The van der Waals surface area contributed by atoms with Crippen LogP contribution in [0.2, 0.25) is 0 Å². The van der Waals surface area contributed by atoms with Gasteiger partial charge in [0, 0.05) is 19.1 Å². The molecule has 0 radical (unpaired) electrons. The third-order valence-electron chi connectivity index (χ3n) is 2.79. The molecule has 0 aromatic carbocycles. The topological polar surface area (TPSA) is 56.3 Å². The lowest BCUT2D eigenvalue weighted by Gasteiger charge is -2.25. The molecule has 1 fully saturated rings. The zero-order chi connectivity index (χ0) is 10.8. The predicted octanol–water partition coefficient (Wildman–Crippen LogP) is -0.137. The van der Waals surface area contributed by atoms with Crippen LogP contribution >= 0.6 is 0 Å². The maximum Gasteiger partial charge on any atom is 0.114 e. The Kier molecular flexibility index (Phi) is 3.48. The summed E-state index contributed by atoms with van der Waals surface area (Å²) in [5, 5.41) is 8.82. The Morgan fingerprint density at radius 2 is 2.29 bits per heavy atom. The lowest BCUT2D eigenvalue weighted by Crippen LogP contribution is -2.46. The fourth-order valence-corrected chi connectivity index (χ4v) is 1.88. The lowest BCUT2D eigenvalue weighted by molar-refractivity contribution is 0.249. The molecule has 1 saturated heterocycles. The van der Waals surface area contributed by atoms with Crippen molar-refractivity contribution in [1.29, 1.82) is 5.26 Å². The first-order valence-corrected chi connectivity index (χ1v) is 5.03. The van der Waals surface area contributed by atoms with Crippen LogP contribution in [0.3, 0.4) is 0 Å². The van der Waals surface area contributed by atoms with E-state index >= 15 is 0 Å². The molecule has 0 bridgehead atoms. The van der Waals surface area contributed by atoms with Gasteiger partial charge in [0.05, 0.1) is 6.07 Å². The molecule has 80 valence electrons. The fourth-order valence-electron chi connectivity index (χ4n) is 1.88. The molecule has 2 unspecified atom stereocenters. The van der Waals surface area contributed by atoms with Gasteiger partial charge < -0.3 is 10.6 Å². The fraction of sp³-hybridized carbons (Fsp3) is 0.900. The van der Waals surface area contributed by atoms with Gasteiger partial charge in [-0.15, -0.1) is 0 Å². The Labute approximate surface area is 86.3 Å². The van der Waals surface area contributed by atoms with Crippen LogP contribution in [-0.4, -0.2) is 55.1 Å². The van der Waals surface area contributed by atoms with Gasteiger partial charge in [-0.1, -0.05) is 0 Å². The molecule has 0 aromatic heterocycles. The van der Waals surface area contributed by atoms with Crippen LogP contribution in [-0.2, 0) is 0 Å². The van der Waals surface area contributed by atoms with Gasteiger partial charge in [0.1, 0.15) is 5.54 Å². The van der Waals surface area contributed by atoms with E-state index in [1.54, 1.807) is 6.92 Å². The van der Waals surface area contributed by atoms with Crippen LogP contribution in [0.4, 0.5) is 0 Å². The molecule has 1 heterocycles. The van der Waals surface area contributed by atoms with E-state index in [0.717, 1.165) is 13.1 Å².